The zero-order valence-electron chi connectivity index (χ0n) is 11.4. The molecule has 0 aromatic carbocycles. The summed E-state index contributed by atoms with van der Waals surface area (Å²) in [5.74, 6) is 0.133. The van der Waals surface area contributed by atoms with Gasteiger partial charge in [0.2, 0.25) is 5.82 Å². The monoisotopic (exact) mass is 270 g/mol. The van der Waals surface area contributed by atoms with Crippen LogP contribution in [0.3, 0.4) is 0 Å². The number of carbonyl (C=O) groups excluding carboxylic acids is 1. The second kappa shape index (κ2) is 4.27. The van der Waals surface area contributed by atoms with Crippen LogP contribution in [0.25, 0.3) is 5.78 Å². The van der Waals surface area contributed by atoms with E-state index in [1.165, 1.54) is 9.42 Å². The Hall–Kier alpha value is -2.49. The smallest absolute Gasteiger partial charge is 0.294 e. The third-order valence-electron chi connectivity index (χ3n) is 3.96. The summed E-state index contributed by atoms with van der Waals surface area (Å²) in [6.45, 7) is 1.87. The Morgan fingerprint density at radius 1 is 1.55 bits per heavy atom. The summed E-state index contributed by atoms with van der Waals surface area (Å²) in [5.41, 5.74) is 0.152. The molecule has 1 fully saturated rings. The summed E-state index contributed by atoms with van der Waals surface area (Å²) in [4.78, 5) is 22.1. The highest BCUT2D eigenvalue weighted by molar-refractivity contribution is 5.91. The van der Waals surface area contributed by atoms with Crippen LogP contribution in [-0.2, 0) is 0 Å². The van der Waals surface area contributed by atoms with Crippen molar-refractivity contribution in [1.29, 1.82) is 5.26 Å². The maximum absolute atomic E-state index is 12.4. The van der Waals surface area contributed by atoms with Crippen molar-refractivity contribution in [2.75, 3.05) is 7.05 Å². The zero-order chi connectivity index (χ0) is 14.3. The number of rotatable bonds is 2. The molecular weight excluding hydrogens is 256 g/mol. The van der Waals surface area contributed by atoms with Crippen LogP contribution < -0.4 is 0 Å². The number of carbonyl (C=O) groups is 1. The van der Waals surface area contributed by atoms with Gasteiger partial charge in [0.15, 0.2) is 0 Å². The van der Waals surface area contributed by atoms with E-state index < -0.39 is 5.54 Å². The largest absolute Gasteiger partial charge is 0.320 e. The average molecular weight is 270 g/mol. The molecule has 7 heteroatoms. The highest BCUT2D eigenvalue weighted by Crippen LogP contribution is 2.36. The molecule has 0 unspecified atom stereocenters. The van der Waals surface area contributed by atoms with Crippen molar-refractivity contribution in [1.82, 2.24) is 24.5 Å². The number of hydrogen-bond donors (Lipinski definition) is 0. The lowest BCUT2D eigenvalue weighted by molar-refractivity contribution is 0.0485. The van der Waals surface area contributed by atoms with Crippen LogP contribution in [0.4, 0.5) is 0 Å². The Labute approximate surface area is 115 Å². The van der Waals surface area contributed by atoms with Crippen molar-refractivity contribution in [2.45, 2.75) is 31.7 Å². The minimum atomic E-state index is -0.697. The van der Waals surface area contributed by atoms with Gasteiger partial charge in [0.25, 0.3) is 11.7 Å². The van der Waals surface area contributed by atoms with Gasteiger partial charge in [0.1, 0.15) is 5.54 Å². The number of hydrogen-bond acceptors (Lipinski definition) is 5. The number of aryl methyl sites for hydroxylation is 1. The number of amides is 1. The molecule has 1 saturated carbocycles. The Balaban J connectivity index is 1.97. The lowest BCUT2D eigenvalue weighted by atomic mass is 9.76. The molecule has 0 N–H and O–H groups in total. The topological polar surface area (TPSA) is 87.2 Å². The number of nitrogens with zero attached hydrogens (tertiary/aromatic N) is 6. The first-order valence-corrected chi connectivity index (χ1v) is 6.45. The fourth-order valence-corrected chi connectivity index (χ4v) is 2.38. The summed E-state index contributed by atoms with van der Waals surface area (Å²) >= 11 is 0. The summed E-state index contributed by atoms with van der Waals surface area (Å²) in [6.07, 6.45) is 4.00. The molecule has 0 bridgehead atoms. The van der Waals surface area contributed by atoms with Gasteiger partial charge < -0.3 is 4.90 Å². The SMILES string of the molecule is Cc1ccnc2nc(C(=O)N(C)C3(C#N)CCC3)nn12. The van der Waals surface area contributed by atoms with E-state index in [1.54, 1.807) is 19.3 Å². The fourth-order valence-electron chi connectivity index (χ4n) is 2.38. The summed E-state index contributed by atoms with van der Waals surface area (Å²) in [7, 11) is 1.64. The number of fused-ring (bicyclic) bond motifs is 1. The van der Waals surface area contributed by atoms with Gasteiger partial charge in [-0.1, -0.05) is 0 Å². The van der Waals surface area contributed by atoms with Crippen molar-refractivity contribution < 1.29 is 4.79 Å². The summed E-state index contributed by atoms with van der Waals surface area (Å²) < 4.78 is 1.53. The molecule has 0 saturated heterocycles. The predicted octanol–water partition coefficient (Wildman–Crippen LogP) is 0.951. The van der Waals surface area contributed by atoms with E-state index in [0.29, 0.717) is 18.6 Å². The molecule has 3 rings (SSSR count). The third-order valence-corrected chi connectivity index (χ3v) is 3.96. The van der Waals surface area contributed by atoms with Gasteiger partial charge in [-0.25, -0.2) is 9.50 Å². The van der Waals surface area contributed by atoms with Gasteiger partial charge in [-0.3, -0.25) is 4.79 Å². The molecule has 7 nitrogen and oxygen atoms in total. The van der Waals surface area contributed by atoms with E-state index in [-0.39, 0.29) is 11.7 Å². The second-order valence-corrected chi connectivity index (χ2v) is 5.09. The lowest BCUT2D eigenvalue weighted by Gasteiger charge is -2.42. The maximum atomic E-state index is 12.4. The van der Waals surface area contributed by atoms with E-state index in [9.17, 15) is 10.1 Å². The van der Waals surface area contributed by atoms with E-state index in [2.05, 4.69) is 21.1 Å². The standard InChI is InChI=1S/C13H14N6O/c1-9-4-7-15-12-16-10(17-19(9)12)11(20)18(2)13(8-14)5-3-6-13/h4,7H,3,5-6H2,1-2H3. The minimum Gasteiger partial charge on any atom is -0.320 e. The molecule has 0 spiro atoms. The van der Waals surface area contributed by atoms with Gasteiger partial charge in [-0.2, -0.15) is 10.2 Å². The Kier molecular flexibility index (Phi) is 2.67. The molecule has 1 amide bonds. The van der Waals surface area contributed by atoms with E-state index in [1.807, 2.05) is 6.92 Å². The molecular formula is C13H14N6O. The first-order valence-electron chi connectivity index (χ1n) is 6.45. The van der Waals surface area contributed by atoms with Crippen LogP contribution in [0.5, 0.6) is 0 Å². The molecule has 1 aliphatic rings. The molecule has 0 aliphatic heterocycles. The van der Waals surface area contributed by atoms with Crippen LogP contribution in [0.2, 0.25) is 0 Å². The van der Waals surface area contributed by atoms with Gasteiger partial charge in [0.05, 0.1) is 6.07 Å². The highest BCUT2D eigenvalue weighted by Gasteiger charge is 2.44. The molecule has 1 aliphatic carbocycles. The summed E-state index contributed by atoms with van der Waals surface area (Å²) in [6, 6.07) is 4.03. The summed E-state index contributed by atoms with van der Waals surface area (Å²) in [5, 5.41) is 13.5. The molecule has 102 valence electrons. The average Bonchev–Trinajstić information content (AvgIpc) is 2.82. The van der Waals surface area contributed by atoms with Crippen molar-refractivity contribution in [3.8, 4) is 6.07 Å². The molecule has 20 heavy (non-hydrogen) atoms. The van der Waals surface area contributed by atoms with Crippen LogP contribution in [0.15, 0.2) is 12.3 Å². The predicted molar refractivity (Wildman–Crippen MR) is 69.8 cm³/mol. The first kappa shape index (κ1) is 12.5. The zero-order valence-corrected chi connectivity index (χ0v) is 11.4. The van der Waals surface area contributed by atoms with Crippen LogP contribution >= 0.6 is 0 Å². The lowest BCUT2D eigenvalue weighted by Crippen LogP contribution is -2.53. The van der Waals surface area contributed by atoms with Gasteiger partial charge >= 0.3 is 0 Å². The van der Waals surface area contributed by atoms with Gasteiger partial charge in [-0.15, -0.1) is 5.10 Å². The minimum absolute atomic E-state index is 0.0795. The van der Waals surface area contributed by atoms with Crippen molar-refractivity contribution >= 4 is 11.7 Å². The molecule has 2 aromatic heterocycles. The molecule has 2 heterocycles. The van der Waals surface area contributed by atoms with Crippen molar-refractivity contribution in [2.24, 2.45) is 0 Å². The van der Waals surface area contributed by atoms with E-state index in [0.717, 1.165) is 12.1 Å². The number of aromatic nitrogens is 4. The van der Waals surface area contributed by atoms with E-state index >= 15 is 0 Å². The first-order chi connectivity index (χ1) is 9.57. The maximum Gasteiger partial charge on any atom is 0.294 e. The molecule has 0 atom stereocenters. The van der Waals surface area contributed by atoms with Gasteiger partial charge in [-0.05, 0) is 32.3 Å². The van der Waals surface area contributed by atoms with E-state index in [4.69, 9.17) is 0 Å². The van der Waals surface area contributed by atoms with Crippen molar-refractivity contribution in [3.63, 3.8) is 0 Å². The van der Waals surface area contributed by atoms with Gasteiger partial charge in [0, 0.05) is 18.9 Å². The van der Waals surface area contributed by atoms with Crippen LogP contribution in [0, 0.1) is 18.3 Å². The fraction of sp³-hybridized carbons (Fsp3) is 0.462. The Morgan fingerprint density at radius 2 is 2.30 bits per heavy atom. The Bertz CT molecular complexity index is 724. The third kappa shape index (κ3) is 1.65. The molecule has 2 aromatic rings. The highest BCUT2D eigenvalue weighted by atomic mass is 16.2. The second-order valence-electron chi connectivity index (χ2n) is 5.09. The van der Waals surface area contributed by atoms with Crippen LogP contribution in [-0.4, -0.2) is 43.0 Å². The quantitative estimate of drug-likeness (QED) is 0.810. The van der Waals surface area contributed by atoms with Crippen LogP contribution in [0.1, 0.15) is 35.6 Å². The normalized spacial score (nSPS) is 16.4. The Morgan fingerprint density at radius 3 is 2.85 bits per heavy atom. The van der Waals surface area contributed by atoms with Crippen molar-refractivity contribution in [3.05, 3.63) is 23.8 Å². The number of nitriles is 1. The molecule has 0 radical (unpaired) electrons.